The van der Waals surface area contributed by atoms with E-state index in [1.807, 2.05) is 16.0 Å². The molecule has 0 unspecified atom stereocenters. The predicted octanol–water partition coefficient (Wildman–Crippen LogP) is 1.83. The van der Waals surface area contributed by atoms with E-state index in [1.165, 1.54) is 23.1 Å². The summed E-state index contributed by atoms with van der Waals surface area (Å²) < 4.78 is 1.89. The summed E-state index contributed by atoms with van der Waals surface area (Å²) in [7, 11) is 0. The molecule has 0 aliphatic rings. The lowest BCUT2D eigenvalue weighted by Crippen LogP contribution is -1.91. The van der Waals surface area contributed by atoms with Crippen LogP contribution in [-0.4, -0.2) is 24.5 Å². The number of hydrogen-bond acceptors (Lipinski definition) is 6. The fourth-order valence-corrected chi connectivity index (χ4v) is 3.10. The summed E-state index contributed by atoms with van der Waals surface area (Å²) in [4.78, 5) is 13.5. The van der Waals surface area contributed by atoms with Gasteiger partial charge >= 0.3 is 0 Å². The summed E-state index contributed by atoms with van der Waals surface area (Å²) in [6.45, 7) is -0.0412. The lowest BCUT2D eigenvalue weighted by molar-refractivity contribution is 0.272. The topological polar surface area (TPSA) is 63.3 Å². The minimum absolute atomic E-state index is 0.0412. The highest BCUT2D eigenvalue weighted by atomic mass is 32.2. The molecule has 3 heterocycles. The van der Waals surface area contributed by atoms with E-state index in [2.05, 4.69) is 15.0 Å². The van der Waals surface area contributed by atoms with Crippen LogP contribution in [0, 0.1) is 0 Å². The Balaban J connectivity index is 2.02. The minimum atomic E-state index is -0.0412. The monoisotopic (exact) mass is 264 g/mol. The van der Waals surface area contributed by atoms with Crippen LogP contribution in [0.15, 0.2) is 40.2 Å². The zero-order valence-electron chi connectivity index (χ0n) is 8.65. The summed E-state index contributed by atoms with van der Waals surface area (Å²) in [6.07, 6.45) is 6.85. The van der Waals surface area contributed by atoms with Crippen LogP contribution in [-0.2, 0) is 6.61 Å². The second kappa shape index (κ2) is 4.44. The van der Waals surface area contributed by atoms with Crippen molar-refractivity contribution in [2.45, 2.75) is 16.7 Å². The first-order chi connectivity index (χ1) is 8.38. The molecule has 0 spiro atoms. The first kappa shape index (κ1) is 10.7. The van der Waals surface area contributed by atoms with E-state index in [-0.39, 0.29) is 6.61 Å². The van der Waals surface area contributed by atoms with E-state index in [0.29, 0.717) is 0 Å². The highest BCUT2D eigenvalue weighted by Crippen LogP contribution is 2.30. The molecule has 0 amide bonds. The second-order valence-electron chi connectivity index (χ2n) is 3.22. The van der Waals surface area contributed by atoms with Crippen LogP contribution in [0.1, 0.15) is 5.69 Å². The van der Waals surface area contributed by atoms with Gasteiger partial charge in [-0.25, -0.2) is 9.97 Å². The third kappa shape index (κ3) is 1.92. The van der Waals surface area contributed by atoms with E-state index in [1.54, 1.807) is 18.6 Å². The molecular weight excluding hydrogens is 256 g/mol. The fraction of sp³-hybridized carbons (Fsp3) is 0.100. The molecule has 17 heavy (non-hydrogen) atoms. The number of fused-ring (bicyclic) bond motifs is 1. The van der Waals surface area contributed by atoms with E-state index >= 15 is 0 Å². The van der Waals surface area contributed by atoms with Crippen LogP contribution in [0.25, 0.3) is 4.96 Å². The van der Waals surface area contributed by atoms with Crippen LogP contribution in [0.3, 0.4) is 0 Å². The number of aromatic nitrogens is 4. The molecule has 1 N–H and O–H groups in total. The third-order valence-electron chi connectivity index (χ3n) is 2.21. The van der Waals surface area contributed by atoms with Crippen LogP contribution in [0.5, 0.6) is 0 Å². The largest absolute Gasteiger partial charge is 0.390 e. The van der Waals surface area contributed by atoms with Gasteiger partial charge in [0.15, 0.2) is 4.96 Å². The average molecular weight is 264 g/mol. The van der Waals surface area contributed by atoms with Crippen molar-refractivity contribution in [1.82, 2.24) is 19.4 Å². The standard InChI is InChI=1S/C10H8N4OS2/c15-6-7-9(13-10-14(7)3-4-16-10)17-8-5-11-1-2-12-8/h1-5,15H,6H2. The Morgan fingerprint density at radius 3 is 3.12 bits per heavy atom. The maximum atomic E-state index is 9.40. The first-order valence-electron chi connectivity index (χ1n) is 4.87. The Morgan fingerprint density at radius 1 is 1.41 bits per heavy atom. The molecule has 0 aromatic carbocycles. The molecular formula is C10H8N4OS2. The summed E-state index contributed by atoms with van der Waals surface area (Å²) in [5.74, 6) is 0. The number of rotatable bonds is 3. The molecule has 86 valence electrons. The van der Waals surface area contributed by atoms with Gasteiger partial charge in [-0.2, -0.15) is 0 Å². The van der Waals surface area contributed by atoms with Gasteiger partial charge in [-0.15, -0.1) is 11.3 Å². The van der Waals surface area contributed by atoms with Gasteiger partial charge in [0.25, 0.3) is 0 Å². The minimum Gasteiger partial charge on any atom is -0.390 e. The molecule has 7 heteroatoms. The fourth-order valence-electron chi connectivity index (χ4n) is 1.48. The first-order valence-corrected chi connectivity index (χ1v) is 6.57. The number of thiazole rings is 1. The number of hydrogen-bond donors (Lipinski definition) is 1. The van der Waals surface area contributed by atoms with Crippen molar-refractivity contribution in [3.63, 3.8) is 0 Å². The summed E-state index contributed by atoms with van der Waals surface area (Å²) in [6, 6.07) is 0. The maximum absolute atomic E-state index is 9.40. The molecule has 0 saturated carbocycles. The number of nitrogens with zero attached hydrogens (tertiary/aromatic N) is 4. The van der Waals surface area contributed by atoms with Crippen molar-refractivity contribution in [2.75, 3.05) is 0 Å². The highest BCUT2D eigenvalue weighted by Gasteiger charge is 2.13. The number of imidazole rings is 1. The number of aliphatic hydroxyl groups excluding tert-OH is 1. The van der Waals surface area contributed by atoms with Crippen LogP contribution in [0.4, 0.5) is 0 Å². The van der Waals surface area contributed by atoms with Gasteiger partial charge in [0.1, 0.15) is 10.1 Å². The van der Waals surface area contributed by atoms with Gasteiger partial charge in [-0.05, 0) is 11.8 Å². The van der Waals surface area contributed by atoms with Crippen LogP contribution < -0.4 is 0 Å². The van der Waals surface area contributed by atoms with Crippen molar-refractivity contribution < 1.29 is 5.11 Å². The van der Waals surface area contributed by atoms with Gasteiger partial charge in [0.05, 0.1) is 18.5 Å². The van der Waals surface area contributed by atoms with Gasteiger partial charge in [-0.3, -0.25) is 9.38 Å². The molecule has 0 aliphatic carbocycles. The summed E-state index contributed by atoms with van der Waals surface area (Å²) in [5.41, 5.74) is 0.789. The van der Waals surface area contributed by atoms with Crippen molar-refractivity contribution in [3.05, 3.63) is 35.9 Å². The second-order valence-corrected chi connectivity index (χ2v) is 5.11. The molecule has 0 radical (unpaired) electrons. The lowest BCUT2D eigenvalue weighted by Gasteiger charge is -1.99. The third-order valence-corrected chi connectivity index (χ3v) is 3.91. The van der Waals surface area contributed by atoms with Gasteiger partial charge in [0.2, 0.25) is 0 Å². The normalized spacial score (nSPS) is 11.1. The van der Waals surface area contributed by atoms with E-state index in [0.717, 1.165) is 20.7 Å². The highest BCUT2D eigenvalue weighted by molar-refractivity contribution is 7.99. The Morgan fingerprint density at radius 2 is 2.35 bits per heavy atom. The average Bonchev–Trinajstić information content (AvgIpc) is 2.90. The molecule has 3 aromatic rings. The molecule has 0 atom stereocenters. The molecule has 3 rings (SSSR count). The molecule has 5 nitrogen and oxygen atoms in total. The van der Waals surface area contributed by atoms with Crippen molar-refractivity contribution in [3.8, 4) is 0 Å². The van der Waals surface area contributed by atoms with E-state index < -0.39 is 0 Å². The van der Waals surface area contributed by atoms with Crippen LogP contribution >= 0.6 is 23.1 Å². The van der Waals surface area contributed by atoms with Gasteiger partial charge in [0, 0.05) is 24.0 Å². The SMILES string of the molecule is OCc1c(Sc2cnccn2)nc2sccn12. The maximum Gasteiger partial charge on any atom is 0.195 e. The van der Waals surface area contributed by atoms with E-state index in [4.69, 9.17) is 0 Å². The molecule has 0 bridgehead atoms. The Bertz CT molecular complexity index is 634. The zero-order chi connectivity index (χ0) is 11.7. The lowest BCUT2D eigenvalue weighted by atomic mass is 10.5. The van der Waals surface area contributed by atoms with Crippen LogP contribution in [0.2, 0.25) is 0 Å². The summed E-state index contributed by atoms with van der Waals surface area (Å²) in [5, 5.41) is 12.9. The molecule has 3 aromatic heterocycles. The van der Waals surface area contributed by atoms with Crippen molar-refractivity contribution in [2.24, 2.45) is 0 Å². The smallest absolute Gasteiger partial charge is 0.195 e. The molecule has 0 saturated heterocycles. The summed E-state index contributed by atoms with van der Waals surface area (Å²) >= 11 is 2.95. The molecule has 0 aliphatic heterocycles. The Hall–Kier alpha value is -1.44. The quantitative estimate of drug-likeness (QED) is 0.782. The molecule has 0 fully saturated rings. The van der Waals surface area contributed by atoms with E-state index in [9.17, 15) is 5.11 Å². The van der Waals surface area contributed by atoms with Gasteiger partial charge < -0.3 is 5.11 Å². The number of aliphatic hydroxyl groups is 1. The zero-order valence-corrected chi connectivity index (χ0v) is 10.3. The predicted molar refractivity (Wildman–Crippen MR) is 65.1 cm³/mol. The van der Waals surface area contributed by atoms with Crippen molar-refractivity contribution >= 4 is 28.1 Å². The Kier molecular flexibility index (Phi) is 2.79. The van der Waals surface area contributed by atoms with Crippen molar-refractivity contribution in [1.29, 1.82) is 0 Å². The Labute approximate surface area is 105 Å². The van der Waals surface area contributed by atoms with Gasteiger partial charge in [-0.1, -0.05) is 0 Å².